The van der Waals surface area contributed by atoms with Crippen LogP contribution in [0.2, 0.25) is 0 Å². The molecule has 110 valence electrons. The first-order chi connectivity index (χ1) is 9.60. The number of halogens is 1. The zero-order valence-electron chi connectivity index (χ0n) is 11.3. The number of nitro groups is 1. The molecule has 20 heavy (non-hydrogen) atoms. The summed E-state index contributed by atoms with van der Waals surface area (Å²) in [4.78, 5) is 10.1. The van der Waals surface area contributed by atoms with Crippen LogP contribution in [0.5, 0.6) is 5.75 Å². The maximum atomic E-state index is 13.3. The van der Waals surface area contributed by atoms with Crippen molar-refractivity contribution < 1.29 is 14.1 Å². The van der Waals surface area contributed by atoms with E-state index in [0.717, 1.165) is 25.3 Å². The molecule has 2 unspecified atom stereocenters. The molecule has 1 saturated carbocycles. The van der Waals surface area contributed by atoms with Crippen molar-refractivity contribution in [3.63, 3.8) is 0 Å². The fourth-order valence-electron chi connectivity index (χ4n) is 2.75. The van der Waals surface area contributed by atoms with E-state index in [1.54, 1.807) is 0 Å². The summed E-state index contributed by atoms with van der Waals surface area (Å²) in [5.74, 6) is 0.314. The van der Waals surface area contributed by atoms with Crippen molar-refractivity contribution in [2.24, 2.45) is 17.6 Å². The van der Waals surface area contributed by atoms with Crippen molar-refractivity contribution in [3.8, 4) is 5.75 Å². The van der Waals surface area contributed by atoms with Crippen LogP contribution in [0.4, 0.5) is 10.1 Å². The van der Waals surface area contributed by atoms with Gasteiger partial charge in [-0.05, 0) is 31.2 Å². The average molecular weight is 282 g/mol. The van der Waals surface area contributed by atoms with Crippen molar-refractivity contribution >= 4 is 5.69 Å². The predicted octanol–water partition coefficient (Wildman–Crippen LogP) is 2.88. The van der Waals surface area contributed by atoms with Gasteiger partial charge in [0.05, 0.1) is 23.7 Å². The number of hydrogen-bond acceptors (Lipinski definition) is 4. The number of ether oxygens (including phenoxy) is 1. The van der Waals surface area contributed by atoms with Crippen LogP contribution in [-0.4, -0.2) is 18.1 Å². The Labute approximate surface area is 117 Å². The summed E-state index contributed by atoms with van der Waals surface area (Å²) in [5.41, 5.74) is 5.45. The summed E-state index contributed by atoms with van der Waals surface area (Å²) in [5, 5.41) is 10.7. The fraction of sp³-hybridized carbons (Fsp3) is 0.571. The van der Waals surface area contributed by atoms with Gasteiger partial charge in [0.1, 0.15) is 11.6 Å². The minimum absolute atomic E-state index is 0.207. The number of nitro benzene ring substituents is 1. The van der Waals surface area contributed by atoms with E-state index in [1.807, 2.05) is 0 Å². The Balaban J connectivity index is 2.01. The normalized spacial score (nSPS) is 22.5. The van der Waals surface area contributed by atoms with E-state index >= 15 is 0 Å². The standard InChI is InChI=1S/C14H19FN2O3/c15-12-5-13(17(18)19)7-14(6-12)20-9-11-4-2-1-3-10(11)8-16/h5-7,10-11H,1-4,8-9,16H2. The molecule has 1 aliphatic carbocycles. The summed E-state index contributed by atoms with van der Waals surface area (Å²) in [6, 6.07) is 3.31. The van der Waals surface area contributed by atoms with Gasteiger partial charge in [-0.15, -0.1) is 0 Å². The molecular formula is C14H19FN2O3. The number of rotatable bonds is 5. The zero-order valence-corrected chi connectivity index (χ0v) is 11.3. The smallest absolute Gasteiger partial charge is 0.276 e. The zero-order chi connectivity index (χ0) is 14.5. The number of non-ortho nitro benzene ring substituents is 1. The van der Waals surface area contributed by atoms with Crippen LogP contribution in [0.25, 0.3) is 0 Å². The van der Waals surface area contributed by atoms with Crippen LogP contribution in [0.1, 0.15) is 25.7 Å². The molecule has 0 radical (unpaired) electrons. The van der Waals surface area contributed by atoms with Gasteiger partial charge in [-0.25, -0.2) is 4.39 Å². The van der Waals surface area contributed by atoms with E-state index < -0.39 is 10.7 Å². The molecule has 0 saturated heterocycles. The van der Waals surface area contributed by atoms with Crippen molar-refractivity contribution in [1.29, 1.82) is 0 Å². The highest BCUT2D eigenvalue weighted by Crippen LogP contribution is 2.30. The van der Waals surface area contributed by atoms with Crippen LogP contribution in [0.15, 0.2) is 18.2 Å². The van der Waals surface area contributed by atoms with E-state index in [1.165, 1.54) is 18.6 Å². The third kappa shape index (κ3) is 3.66. The van der Waals surface area contributed by atoms with Gasteiger partial charge in [-0.2, -0.15) is 0 Å². The highest BCUT2D eigenvalue weighted by atomic mass is 19.1. The highest BCUT2D eigenvalue weighted by Gasteiger charge is 2.24. The molecule has 1 aromatic carbocycles. The van der Waals surface area contributed by atoms with Gasteiger partial charge in [0.15, 0.2) is 0 Å². The Bertz CT molecular complexity index is 481. The molecular weight excluding hydrogens is 263 g/mol. The Hall–Kier alpha value is -1.69. The molecule has 0 aliphatic heterocycles. The Kier molecular flexibility index (Phi) is 4.89. The third-order valence-corrected chi connectivity index (χ3v) is 3.90. The maximum Gasteiger partial charge on any atom is 0.276 e. The molecule has 0 aromatic heterocycles. The molecule has 0 heterocycles. The summed E-state index contributed by atoms with van der Waals surface area (Å²) in [6.45, 7) is 1.06. The van der Waals surface area contributed by atoms with Gasteiger partial charge in [0, 0.05) is 6.07 Å². The number of hydrogen-bond donors (Lipinski definition) is 1. The first-order valence-corrected chi connectivity index (χ1v) is 6.88. The van der Waals surface area contributed by atoms with Crippen LogP contribution in [0.3, 0.4) is 0 Å². The van der Waals surface area contributed by atoms with Crippen LogP contribution in [-0.2, 0) is 0 Å². The maximum absolute atomic E-state index is 13.3. The van der Waals surface area contributed by atoms with Crippen LogP contribution < -0.4 is 10.5 Å². The molecule has 5 nitrogen and oxygen atoms in total. The van der Waals surface area contributed by atoms with Gasteiger partial charge >= 0.3 is 0 Å². The minimum atomic E-state index is -0.659. The Morgan fingerprint density at radius 3 is 2.65 bits per heavy atom. The van der Waals surface area contributed by atoms with Gasteiger partial charge in [-0.3, -0.25) is 10.1 Å². The quantitative estimate of drug-likeness (QED) is 0.665. The Morgan fingerprint density at radius 2 is 2.00 bits per heavy atom. The van der Waals surface area contributed by atoms with E-state index in [0.29, 0.717) is 25.0 Å². The molecule has 2 rings (SSSR count). The summed E-state index contributed by atoms with van der Waals surface area (Å²) >= 11 is 0. The third-order valence-electron chi connectivity index (χ3n) is 3.90. The topological polar surface area (TPSA) is 78.4 Å². The Morgan fingerprint density at radius 1 is 1.30 bits per heavy atom. The summed E-state index contributed by atoms with van der Waals surface area (Å²) < 4.78 is 18.8. The van der Waals surface area contributed by atoms with E-state index in [2.05, 4.69) is 0 Å². The minimum Gasteiger partial charge on any atom is -0.493 e. The van der Waals surface area contributed by atoms with Crippen molar-refractivity contribution in [1.82, 2.24) is 0 Å². The summed E-state index contributed by atoms with van der Waals surface area (Å²) in [6.07, 6.45) is 4.46. The van der Waals surface area contributed by atoms with Crippen molar-refractivity contribution in [3.05, 3.63) is 34.1 Å². The lowest BCUT2D eigenvalue weighted by atomic mass is 9.80. The largest absolute Gasteiger partial charge is 0.493 e. The molecule has 1 fully saturated rings. The monoisotopic (exact) mass is 282 g/mol. The fourth-order valence-corrected chi connectivity index (χ4v) is 2.75. The average Bonchev–Trinajstić information content (AvgIpc) is 2.44. The predicted molar refractivity (Wildman–Crippen MR) is 73.1 cm³/mol. The van der Waals surface area contributed by atoms with Crippen LogP contribution in [0, 0.1) is 27.8 Å². The molecule has 2 N–H and O–H groups in total. The van der Waals surface area contributed by atoms with Crippen molar-refractivity contribution in [2.45, 2.75) is 25.7 Å². The molecule has 2 atom stereocenters. The number of nitrogens with zero attached hydrogens (tertiary/aromatic N) is 1. The van der Waals surface area contributed by atoms with E-state index in [9.17, 15) is 14.5 Å². The molecule has 0 spiro atoms. The SMILES string of the molecule is NCC1CCCCC1COc1cc(F)cc([N+](=O)[O-])c1. The number of nitrogens with two attached hydrogens (primary N) is 1. The second kappa shape index (κ2) is 6.65. The van der Waals surface area contributed by atoms with Gasteiger partial charge in [0.25, 0.3) is 5.69 Å². The number of benzene rings is 1. The lowest BCUT2D eigenvalue weighted by molar-refractivity contribution is -0.385. The first-order valence-electron chi connectivity index (χ1n) is 6.88. The molecule has 1 aliphatic rings. The van der Waals surface area contributed by atoms with E-state index in [-0.39, 0.29) is 11.4 Å². The highest BCUT2D eigenvalue weighted by molar-refractivity contribution is 5.38. The lowest BCUT2D eigenvalue weighted by Gasteiger charge is -2.30. The van der Waals surface area contributed by atoms with Gasteiger partial charge < -0.3 is 10.5 Å². The lowest BCUT2D eigenvalue weighted by Crippen LogP contribution is -2.30. The molecule has 0 amide bonds. The van der Waals surface area contributed by atoms with E-state index in [4.69, 9.17) is 10.5 Å². The van der Waals surface area contributed by atoms with Crippen molar-refractivity contribution in [2.75, 3.05) is 13.2 Å². The molecule has 0 bridgehead atoms. The molecule has 1 aromatic rings. The first kappa shape index (κ1) is 14.7. The summed E-state index contributed by atoms with van der Waals surface area (Å²) in [7, 11) is 0. The van der Waals surface area contributed by atoms with Gasteiger partial charge in [0.2, 0.25) is 0 Å². The second-order valence-corrected chi connectivity index (χ2v) is 5.25. The van der Waals surface area contributed by atoms with Gasteiger partial charge in [-0.1, -0.05) is 12.8 Å². The second-order valence-electron chi connectivity index (χ2n) is 5.25. The van der Waals surface area contributed by atoms with Crippen LogP contribution >= 0.6 is 0 Å². The molecule has 6 heteroatoms.